The Bertz CT molecular complexity index is 828. The van der Waals surface area contributed by atoms with Crippen LogP contribution in [0.1, 0.15) is 26.7 Å². The molecule has 0 saturated carbocycles. The summed E-state index contributed by atoms with van der Waals surface area (Å²) >= 11 is 1.60. The number of nitrogens with zero attached hydrogens (tertiary/aromatic N) is 2. The predicted molar refractivity (Wildman–Crippen MR) is 109 cm³/mol. The zero-order valence-electron chi connectivity index (χ0n) is 16.7. The first-order chi connectivity index (χ1) is 13.9. The molecule has 0 aliphatic carbocycles. The Kier molecular flexibility index (Phi) is 5.68. The number of carbonyl (C=O) groups is 2. The van der Waals surface area contributed by atoms with Crippen LogP contribution in [0.2, 0.25) is 0 Å². The average Bonchev–Trinajstić information content (AvgIpc) is 3.22. The number of nitrogens with one attached hydrogen (secondary N) is 1. The number of hydrogen-bond acceptors (Lipinski definition) is 5. The summed E-state index contributed by atoms with van der Waals surface area (Å²) in [4.78, 5) is 26.5. The molecule has 0 bridgehead atoms. The number of aryl methyl sites for hydroxylation is 1. The Morgan fingerprint density at radius 3 is 2.76 bits per heavy atom. The summed E-state index contributed by atoms with van der Waals surface area (Å²) in [5.41, 5.74) is 0.123. The average molecular weight is 419 g/mol. The lowest BCUT2D eigenvalue weighted by atomic mass is 9.79. The van der Waals surface area contributed by atoms with Gasteiger partial charge in [0.25, 0.3) is 0 Å². The fraction of sp³-hybridized carbons (Fsp3) is 0.571. The van der Waals surface area contributed by atoms with Crippen LogP contribution in [0.3, 0.4) is 0 Å². The molecule has 3 N–H and O–H groups in total. The normalized spacial score (nSPS) is 32.3. The van der Waals surface area contributed by atoms with Gasteiger partial charge in [-0.05, 0) is 13.3 Å². The number of fused-ring (bicyclic) bond motifs is 1. The van der Waals surface area contributed by atoms with Crippen molar-refractivity contribution in [2.24, 2.45) is 11.8 Å². The maximum Gasteiger partial charge on any atom is 0.353 e. The molecule has 1 amide bonds. The van der Waals surface area contributed by atoms with Gasteiger partial charge in [0.2, 0.25) is 5.91 Å². The van der Waals surface area contributed by atoms with Crippen molar-refractivity contribution in [3.63, 3.8) is 0 Å². The van der Waals surface area contributed by atoms with Crippen molar-refractivity contribution in [1.82, 2.24) is 10.2 Å². The Morgan fingerprint density at radius 2 is 2.10 bits per heavy atom. The van der Waals surface area contributed by atoms with Gasteiger partial charge < -0.3 is 20.4 Å². The number of rotatable bonds is 7. The van der Waals surface area contributed by atoms with E-state index in [1.165, 1.54) is 4.90 Å². The van der Waals surface area contributed by atoms with E-state index in [2.05, 4.69) is 22.3 Å². The van der Waals surface area contributed by atoms with Crippen LogP contribution in [0.15, 0.2) is 41.2 Å². The molecule has 0 unspecified atom stereocenters. The molecule has 2 saturated heterocycles. The number of hydrogen-bond donors (Lipinski definition) is 3. The molecule has 3 aliphatic rings. The predicted octanol–water partition coefficient (Wildman–Crippen LogP) is 0.982. The number of aromatic nitrogens is 1. The van der Waals surface area contributed by atoms with Gasteiger partial charge in [0.1, 0.15) is 12.2 Å². The van der Waals surface area contributed by atoms with Crippen LogP contribution in [-0.4, -0.2) is 57.0 Å². The lowest BCUT2D eigenvalue weighted by Crippen LogP contribution is -2.63. The number of carboxylic acid groups (broad SMARTS) is 1. The second-order valence-corrected chi connectivity index (χ2v) is 9.60. The van der Waals surface area contributed by atoms with Crippen molar-refractivity contribution in [2.45, 2.75) is 56.7 Å². The SMILES string of the molecule is C[C@@H](O)[C@H]1C(=O)N2C(C(=O)O)=C(S[C@@H]3CN[C@H](CC[n+]4ccccc4)C3)[C@H](C)[C@H]12. The molecule has 4 rings (SSSR count). The number of β-lactam (4-membered cyclic amide) rings is 1. The summed E-state index contributed by atoms with van der Waals surface area (Å²) in [7, 11) is 0. The molecule has 0 radical (unpaired) electrons. The Morgan fingerprint density at radius 1 is 1.38 bits per heavy atom. The van der Waals surface area contributed by atoms with Gasteiger partial charge in [-0.2, -0.15) is 0 Å². The highest BCUT2D eigenvalue weighted by atomic mass is 32.2. The first-order valence-electron chi connectivity index (χ1n) is 10.2. The van der Waals surface area contributed by atoms with E-state index >= 15 is 0 Å². The lowest BCUT2D eigenvalue weighted by Gasteiger charge is -2.46. The first kappa shape index (κ1) is 20.4. The molecule has 3 aliphatic heterocycles. The van der Waals surface area contributed by atoms with Gasteiger partial charge in [0.05, 0.1) is 18.1 Å². The maximum absolute atomic E-state index is 12.4. The van der Waals surface area contributed by atoms with Gasteiger partial charge in [-0.25, -0.2) is 9.36 Å². The van der Waals surface area contributed by atoms with Crippen LogP contribution in [0.25, 0.3) is 0 Å². The molecule has 1 aromatic heterocycles. The molecule has 0 aromatic carbocycles. The highest BCUT2D eigenvalue weighted by Crippen LogP contribution is 2.51. The highest BCUT2D eigenvalue weighted by molar-refractivity contribution is 8.03. The van der Waals surface area contributed by atoms with Crippen LogP contribution in [0.4, 0.5) is 0 Å². The van der Waals surface area contributed by atoms with Crippen LogP contribution in [0.5, 0.6) is 0 Å². The third-order valence-electron chi connectivity index (χ3n) is 6.30. The number of carbonyl (C=O) groups excluding carboxylic acids is 1. The van der Waals surface area contributed by atoms with Crippen molar-refractivity contribution in [3.8, 4) is 0 Å². The molecule has 8 heteroatoms. The lowest BCUT2D eigenvalue weighted by molar-refractivity contribution is -0.697. The number of pyridine rings is 1. The van der Waals surface area contributed by atoms with Crippen LogP contribution < -0.4 is 9.88 Å². The molecular weight excluding hydrogens is 390 g/mol. The fourth-order valence-corrected chi connectivity index (χ4v) is 6.36. The Hall–Kier alpha value is -1.90. The van der Waals surface area contributed by atoms with E-state index in [1.807, 2.05) is 25.1 Å². The van der Waals surface area contributed by atoms with E-state index in [-0.39, 0.29) is 28.8 Å². The van der Waals surface area contributed by atoms with E-state index in [4.69, 9.17) is 0 Å². The van der Waals surface area contributed by atoms with E-state index in [9.17, 15) is 19.8 Å². The van der Waals surface area contributed by atoms with Crippen LogP contribution >= 0.6 is 11.8 Å². The number of aliphatic hydroxyl groups is 1. The fourth-order valence-electron chi connectivity index (χ4n) is 4.84. The summed E-state index contributed by atoms with van der Waals surface area (Å²) < 4.78 is 2.17. The van der Waals surface area contributed by atoms with E-state index < -0.39 is 18.0 Å². The second-order valence-electron chi connectivity index (χ2n) is 8.25. The number of aliphatic carboxylic acids is 1. The second kappa shape index (κ2) is 8.08. The highest BCUT2D eigenvalue weighted by Gasteiger charge is 2.60. The minimum atomic E-state index is -1.05. The molecule has 2 fully saturated rings. The van der Waals surface area contributed by atoms with E-state index in [1.54, 1.807) is 18.7 Å². The van der Waals surface area contributed by atoms with Crippen molar-refractivity contribution >= 4 is 23.6 Å². The minimum absolute atomic E-state index is 0.0673. The molecule has 6 atom stereocenters. The Balaban J connectivity index is 1.41. The number of thioether (sulfide) groups is 1. The summed E-state index contributed by atoms with van der Waals surface area (Å²) in [5.74, 6) is -1.90. The van der Waals surface area contributed by atoms with E-state index in [0.717, 1.165) is 30.8 Å². The van der Waals surface area contributed by atoms with Gasteiger partial charge in [-0.1, -0.05) is 13.0 Å². The van der Waals surface area contributed by atoms with Gasteiger partial charge in [-0.15, -0.1) is 11.8 Å². The smallest absolute Gasteiger partial charge is 0.353 e. The van der Waals surface area contributed by atoms with Crippen LogP contribution in [-0.2, 0) is 16.1 Å². The zero-order valence-corrected chi connectivity index (χ0v) is 17.5. The summed E-state index contributed by atoms with van der Waals surface area (Å²) in [6.07, 6.45) is 5.35. The third-order valence-corrected chi connectivity index (χ3v) is 7.81. The van der Waals surface area contributed by atoms with Crippen molar-refractivity contribution in [2.75, 3.05) is 6.54 Å². The molecule has 29 heavy (non-hydrogen) atoms. The largest absolute Gasteiger partial charge is 0.477 e. The van der Waals surface area contributed by atoms with Gasteiger partial charge in [0, 0.05) is 47.2 Å². The van der Waals surface area contributed by atoms with Gasteiger partial charge in [-0.3, -0.25) is 4.79 Å². The molecular formula is C21H28N3O4S+. The summed E-state index contributed by atoms with van der Waals surface area (Å²) in [6, 6.07) is 6.20. The monoisotopic (exact) mass is 418 g/mol. The number of aliphatic hydroxyl groups excluding tert-OH is 1. The zero-order chi connectivity index (χ0) is 20.7. The minimum Gasteiger partial charge on any atom is -0.477 e. The van der Waals surface area contributed by atoms with Crippen molar-refractivity contribution in [1.29, 1.82) is 0 Å². The van der Waals surface area contributed by atoms with E-state index in [0.29, 0.717) is 6.04 Å². The molecule has 0 spiro atoms. The van der Waals surface area contributed by atoms with Crippen molar-refractivity contribution in [3.05, 3.63) is 41.2 Å². The topological polar surface area (TPSA) is 93.8 Å². The molecule has 156 valence electrons. The van der Waals surface area contributed by atoms with Gasteiger partial charge in [0.15, 0.2) is 12.4 Å². The van der Waals surface area contributed by atoms with Gasteiger partial charge >= 0.3 is 5.97 Å². The first-order valence-corrected chi connectivity index (χ1v) is 11.1. The van der Waals surface area contributed by atoms with Crippen molar-refractivity contribution < 1.29 is 24.4 Å². The maximum atomic E-state index is 12.4. The Labute approximate surface area is 174 Å². The summed E-state index contributed by atoms with van der Waals surface area (Å²) in [6.45, 7) is 5.35. The summed E-state index contributed by atoms with van der Waals surface area (Å²) in [5, 5.41) is 23.6. The molecule has 1 aromatic rings. The number of carboxylic acids is 1. The standard InChI is InChI=1S/C21H27N3O4S/c1-12-17-16(13(2)25)20(26)24(17)18(21(27)28)19(12)29-15-10-14(22-11-15)6-9-23-7-4-3-5-8-23/h3-5,7-8,12-17,22,25H,6,9-11H2,1-2H3/p+1/t12-,13-,14-,15+,16-,17-/m1/s1. The number of amides is 1. The quantitative estimate of drug-likeness (QED) is 0.452. The molecule has 4 heterocycles. The third kappa shape index (κ3) is 3.69. The molecule has 7 nitrogen and oxygen atoms in total. The van der Waals surface area contributed by atoms with Crippen LogP contribution in [0, 0.1) is 11.8 Å².